The van der Waals surface area contributed by atoms with Crippen LogP contribution in [0.25, 0.3) is 11.1 Å². The van der Waals surface area contributed by atoms with E-state index in [1.54, 1.807) is 0 Å². The molecule has 0 aliphatic carbocycles. The van der Waals surface area contributed by atoms with Crippen molar-refractivity contribution in [3.8, 4) is 11.1 Å². The fraction of sp³-hybridized carbons (Fsp3) is 0.353. The van der Waals surface area contributed by atoms with Crippen molar-refractivity contribution >= 4 is 0 Å². The van der Waals surface area contributed by atoms with Crippen LogP contribution in [0, 0.1) is 0 Å². The molecule has 1 heterocycles. The monoisotopic (exact) mass is 254 g/mol. The number of aryl methyl sites for hydroxylation is 1. The van der Waals surface area contributed by atoms with Crippen LogP contribution in [-0.2, 0) is 13.0 Å². The van der Waals surface area contributed by atoms with Gasteiger partial charge in [0.25, 0.3) is 0 Å². The number of aromatic nitrogens is 1. The Labute approximate surface area is 115 Å². The molecule has 19 heavy (non-hydrogen) atoms. The lowest BCUT2D eigenvalue weighted by Gasteiger charge is -2.09. The lowest BCUT2D eigenvalue weighted by molar-refractivity contribution is 0.588. The van der Waals surface area contributed by atoms with Crippen LogP contribution in [0.1, 0.15) is 31.9 Å². The van der Waals surface area contributed by atoms with Gasteiger partial charge in [0, 0.05) is 30.5 Å². The van der Waals surface area contributed by atoms with E-state index < -0.39 is 0 Å². The standard InChI is InChI=1S/C17H22N2/c1-4-14-6-5-7-16(8-14)17-9-15(10-18-12-17)11-19-13(2)3/h5-10,12-13,19H,4,11H2,1-3H3. The molecule has 0 fully saturated rings. The van der Waals surface area contributed by atoms with E-state index in [0.717, 1.165) is 13.0 Å². The Balaban J connectivity index is 2.22. The van der Waals surface area contributed by atoms with E-state index in [2.05, 4.69) is 61.4 Å². The van der Waals surface area contributed by atoms with Crippen LogP contribution in [0.2, 0.25) is 0 Å². The first-order valence-electron chi connectivity index (χ1n) is 6.95. The molecule has 0 radical (unpaired) electrons. The molecule has 0 bridgehead atoms. The molecule has 0 spiro atoms. The van der Waals surface area contributed by atoms with Crippen molar-refractivity contribution in [3.05, 3.63) is 53.9 Å². The second-order valence-electron chi connectivity index (χ2n) is 5.17. The number of nitrogens with zero attached hydrogens (tertiary/aromatic N) is 1. The Kier molecular flexibility index (Phi) is 4.69. The van der Waals surface area contributed by atoms with Crippen LogP contribution in [0.5, 0.6) is 0 Å². The molecule has 0 atom stereocenters. The van der Waals surface area contributed by atoms with Crippen LogP contribution in [0.15, 0.2) is 42.7 Å². The van der Waals surface area contributed by atoms with Crippen LogP contribution in [0.4, 0.5) is 0 Å². The first-order valence-corrected chi connectivity index (χ1v) is 6.95. The summed E-state index contributed by atoms with van der Waals surface area (Å²) < 4.78 is 0. The quantitative estimate of drug-likeness (QED) is 0.877. The van der Waals surface area contributed by atoms with E-state index in [0.29, 0.717) is 6.04 Å². The number of hydrogen-bond donors (Lipinski definition) is 1. The molecule has 0 unspecified atom stereocenters. The number of nitrogens with one attached hydrogen (secondary N) is 1. The number of rotatable bonds is 5. The number of hydrogen-bond acceptors (Lipinski definition) is 2. The SMILES string of the molecule is CCc1cccc(-c2cncc(CNC(C)C)c2)c1. The van der Waals surface area contributed by atoms with Gasteiger partial charge in [0.1, 0.15) is 0 Å². The highest BCUT2D eigenvalue weighted by Gasteiger charge is 2.02. The van der Waals surface area contributed by atoms with Gasteiger partial charge in [0.15, 0.2) is 0 Å². The van der Waals surface area contributed by atoms with Gasteiger partial charge in [-0.05, 0) is 29.2 Å². The zero-order valence-electron chi connectivity index (χ0n) is 12.0. The summed E-state index contributed by atoms with van der Waals surface area (Å²) in [4.78, 5) is 4.35. The highest BCUT2D eigenvalue weighted by Crippen LogP contribution is 2.20. The zero-order chi connectivity index (χ0) is 13.7. The molecule has 1 aromatic carbocycles. The average molecular weight is 254 g/mol. The maximum absolute atomic E-state index is 4.35. The van der Waals surface area contributed by atoms with Gasteiger partial charge in [0.2, 0.25) is 0 Å². The number of pyridine rings is 1. The molecule has 2 rings (SSSR count). The first kappa shape index (κ1) is 13.8. The van der Waals surface area contributed by atoms with Crippen LogP contribution in [0.3, 0.4) is 0 Å². The molecule has 0 saturated carbocycles. The molecule has 1 aromatic heterocycles. The minimum absolute atomic E-state index is 0.493. The zero-order valence-corrected chi connectivity index (χ0v) is 12.0. The van der Waals surface area contributed by atoms with Crippen molar-refractivity contribution in [1.82, 2.24) is 10.3 Å². The topological polar surface area (TPSA) is 24.9 Å². The van der Waals surface area contributed by atoms with E-state index >= 15 is 0 Å². The second kappa shape index (κ2) is 6.48. The lowest BCUT2D eigenvalue weighted by Crippen LogP contribution is -2.21. The van der Waals surface area contributed by atoms with Gasteiger partial charge >= 0.3 is 0 Å². The van der Waals surface area contributed by atoms with Crippen molar-refractivity contribution < 1.29 is 0 Å². The third-order valence-electron chi connectivity index (χ3n) is 3.18. The van der Waals surface area contributed by atoms with Gasteiger partial charge in [0.05, 0.1) is 0 Å². The maximum atomic E-state index is 4.35. The Hall–Kier alpha value is -1.67. The molecular weight excluding hydrogens is 232 g/mol. The van der Waals surface area contributed by atoms with Gasteiger partial charge in [-0.1, -0.05) is 45.0 Å². The summed E-state index contributed by atoms with van der Waals surface area (Å²) in [5.74, 6) is 0. The summed E-state index contributed by atoms with van der Waals surface area (Å²) in [6.45, 7) is 7.36. The summed E-state index contributed by atoms with van der Waals surface area (Å²) in [7, 11) is 0. The molecule has 0 saturated heterocycles. The summed E-state index contributed by atoms with van der Waals surface area (Å²) in [5, 5.41) is 3.42. The summed E-state index contributed by atoms with van der Waals surface area (Å²) in [6.07, 6.45) is 4.94. The van der Waals surface area contributed by atoms with Crippen LogP contribution >= 0.6 is 0 Å². The van der Waals surface area contributed by atoms with E-state index in [9.17, 15) is 0 Å². The van der Waals surface area contributed by atoms with Crippen LogP contribution < -0.4 is 5.32 Å². The fourth-order valence-corrected chi connectivity index (χ4v) is 2.03. The van der Waals surface area contributed by atoms with Gasteiger partial charge in [-0.15, -0.1) is 0 Å². The highest BCUT2D eigenvalue weighted by molar-refractivity contribution is 5.63. The summed E-state index contributed by atoms with van der Waals surface area (Å²) in [6, 6.07) is 11.4. The molecule has 0 aliphatic rings. The lowest BCUT2D eigenvalue weighted by atomic mass is 10.0. The van der Waals surface area contributed by atoms with Gasteiger partial charge in [-0.25, -0.2) is 0 Å². The molecule has 2 heteroatoms. The smallest absolute Gasteiger partial charge is 0.0346 e. The van der Waals surface area contributed by atoms with Gasteiger partial charge in [-0.2, -0.15) is 0 Å². The van der Waals surface area contributed by atoms with Gasteiger partial charge in [-0.3, -0.25) is 4.98 Å². The van der Waals surface area contributed by atoms with E-state index in [1.165, 1.54) is 22.3 Å². The molecule has 2 aromatic rings. The Bertz CT molecular complexity index is 532. The van der Waals surface area contributed by atoms with Crippen molar-refractivity contribution in [2.45, 2.75) is 39.8 Å². The Morgan fingerprint density at radius 1 is 1.05 bits per heavy atom. The van der Waals surface area contributed by atoms with Crippen LogP contribution in [-0.4, -0.2) is 11.0 Å². The third kappa shape index (κ3) is 3.90. The predicted octanol–water partition coefficient (Wildman–Crippen LogP) is 3.81. The molecule has 0 amide bonds. The fourth-order valence-electron chi connectivity index (χ4n) is 2.03. The van der Waals surface area contributed by atoms with E-state index in [-0.39, 0.29) is 0 Å². The minimum Gasteiger partial charge on any atom is -0.310 e. The van der Waals surface area contributed by atoms with Gasteiger partial charge < -0.3 is 5.32 Å². The Morgan fingerprint density at radius 3 is 2.58 bits per heavy atom. The highest BCUT2D eigenvalue weighted by atomic mass is 14.9. The molecule has 100 valence electrons. The van der Waals surface area contributed by atoms with Crippen molar-refractivity contribution in [2.24, 2.45) is 0 Å². The molecule has 1 N–H and O–H groups in total. The molecule has 2 nitrogen and oxygen atoms in total. The average Bonchev–Trinajstić information content (AvgIpc) is 2.45. The largest absolute Gasteiger partial charge is 0.310 e. The normalized spacial score (nSPS) is 10.9. The van der Waals surface area contributed by atoms with Crippen molar-refractivity contribution in [3.63, 3.8) is 0 Å². The third-order valence-corrected chi connectivity index (χ3v) is 3.18. The maximum Gasteiger partial charge on any atom is 0.0346 e. The minimum atomic E-state index is 0.493. The summed E-state index contributed by atoms with van der Waals surface area (Å²) in [5.41, 5.74) is 5.04. The van der Waals surface area contributed by atoms with Crippen molar-refractivity contribution in [1.29, 1.82) is 0 Å². The first-order chi connectivity index (χ1) is 9.19. The van der Waals surface area contributed by atoms with Crippen molar-refractivity contribution in [2.75, 3.05) is 0 Å². The summed E-state index contributed by atoms with van der Waals surface area (Å²) >= 11 is 0. The van der Waals surface area contributed by atoms with E-state index in [4.69, 9.17) is 0 Å². The number of benzene rings is 1. The second-order valence-corrected chi connectivity index (χ2v) is 5.17. The molecule has 0 aliphatic heterocycles. The predicted molar refractivity (Wildman–Crippen MR) is 81.0 cm³/mol. The Morgan fingerprint density at radius 2 is 1.84 bits per heavy atom. The van der Waals surface area contributed by atoms with E-state index in [1.807, 2.05) is 12.4 Å². The molecular formula is C17H22N2.